The zero-order valence-electron chi connectivity index (χ0n) is 23.0. The topological polar surface area (TPSA) is 64.6 Å². The zero-order valence-corrected chi connectivity index (χ0v) is 23.0. The van der Waals surface area contributed by atoms with Crippen LogP contribution < -0.4 is 28.4 Å². The summed E-state index contributed by atoms with van der Waals surface area (Å²) in [6, 6.07) is 18.2. The lowest BCUT2D eigenvalue weighted by atomic mass is 9.85. The van der Waals surface area contributed by atoms with E-state index in [1.807, 2.05) is 30.3 Å². The molecule has 0 unspecified atom stereocenters. The van der Waals surface area contributed by atoms with Crippen LogP contribution in [0, 0.1) is 11.8 Å². The van der Waals surface area contributed by atoms with E-state index in [9.17, 15) is 0 Å². The lowest BCUT2D eigenvalue weighted by Crippen LogP contribution is -2.17. The van der Waals surface area contributed by atoms with E-state index in [1.165, 1.54) is 11.1 Å². The van der Waals surface area contributed by atoms with Crippen molar-refractivity contribution in [3.8, 4) is 34.5 Å². The minimum Gasteiger partial charge on any atom is -0.493 e. The van der Waals surface area contributed by atoms with Gasteiger partial charge in [-0.15, -0.1) is 0 Å². The molecule has 7 nitrogen and oxygen atoms in total. The molecule has 1 aliphatic heterocycles. The molecule has 1 aliphatic rings. The quantitative estimate of drug-likeness (QED) is 0.298. The molecular weight excluding hydrogens is 484 g/mol. The lowest BCUT2D eigenvalue weighted by Gasteiger charge is -2.19. The van der Waals surface area contributed by atoms with E-state index in [0.29, 0.717) is 29.9 Å². The Morgan fingerprint density at radius 3 is 1.47 bits per heavy atom. The lowest BCUT2D eigenvalue weighted by molar-refractivity contribution is 0.180. The van der Waals surface area contributed by atoms with Crippen LogP contribution in [0.4, 0.5) is 0 Å². The summed E-state index contributed by atoms with van der Waals surface area (Å²) in [5.41, 5.74) is 3.54. The van der Waals surface area contributed by atoms with Crippen molar-refractivity contribution < 1.29 is 33.2 Å². The van der Waals surface area contributed by atoms with Crippen LogP contribution >= 0.6 is 0 Å². The minimum atomic E-state index is 0.421. The molecule has 0 aliphatic carbocycles. The van der Waals surface area contributed by atoms with Gasteiger partial charge in [0.2, 0.25) is 0 Å². The number of methoxy groups -OCH3 is 5. The van der Waals surface area contributed by atoms with Gasteiger partial charge in [0, 0.05) is 6.42 Å². The van der Waals surface area contributed by atoms with Gasteiger partial charge in [-0.1, -0.05) is 18.2 Å². The SMILES string of the molecule is COc1ccc(CCOc2ccc(C[C@H]3COC[C@@H]3Cc3ccc(OC)c(OC)c3)cc2OC)cc1OC. The minimum absolute atomic E-state index is 0.421. The van der Waals surface area contributed by atoms with Gasteiger partial charge in [-0.05, 0) is 77.8 Å². The predicted molar refractivity (Wildman–Crippen MR) is 146 cm³/mol. The molecule has 1 fully saturated rings. The number of ether oxygens (including phenoxy) is 7. The van der Waals surface area contributed by atoms with E-state index in [2.05, 4.69) is 24.3 Å². The first-order valence-corrected chi connectivity index (χ1v) is 12.9. The molecule has 38 heavy (non-hydrogen) atoms. The Balaban J connectivity index is 1.36. The van der Waals surface area contributed by atoms with Gasteiger partial charge in [0.25, 0.3) is 0 Å². The second kappa shape index (κ2) is 13.3. The Bertz CT molecular complexity index is 1190. The molecule has 7 heteroatoms. The largest absolute Gasteiger partial charge is 0.493 e. The second-order valence-corrected chi connectivity index (χ2v) is 9.43. The summed E-state index contributed by atoms with van der Waals surface area (Å²) < 4.78 is 39.2. The molecule has 0 N–H and O–H groups in total. The van der Waals surface area contributed by atoms with Crippen LogP contribution in [-0.4, -0.2) is 55.4 Å². The summed E-state index contributed by atoms with van der Waals surface area (Å²) in [5, 5.41) is 0. The number of benzene rings is 3. The van der Waals surface area contributed by atoms with Crippen LogP contribution in [0.25, 0.3) is 0 Å². The maximum absolute atomic E-state index is 6.08. The van der Waals surface area contributed by atoms with Crippen molar-refractivity contribution in [3.63, 3.8) is 0 Å². The first-order chi connectivity index (χ1) is 18.6. The number of rotatable bonds is 13. The van der Waals surface area contributed by atoms with Crippen molar-refractivity contribution >= 4 is 0 Å². The Hall–Kier alpha value is -3.58. The van der Waals surface area contributed by atoms with Crippen LogP contribution in [-0.2, 0) is 24.0 Å². The molecule has 0 spiro atoms. The fourth-order valence-corrected chi connectivity index (χ4v) is 4.98. The van der Waals surface area contributed by atoms with Gasteiger partial charge in [0.1, 0.15) is 0 Å². The average molecular weight is 523 g/mol. The summed E-state index contributed by atoms with van der Waals surface area (Å²) >= 11 is 0. The third-order valence-electron chi connectivity index (χ3n) is 7.10. The van der Waals surface area contributed by atoms with E-state index in [-0.39, 0.29) is 0 Å². The van der Waals surface area contributed by atoms with Crippen LogP contribution in [0.2, 0.25) is 0 Å². The fourth-order valence-electron chi connectivity index (χ4n) is 4.98. The maximum atomic E-state index is 6.08. The maximum Gasteiger partial charge on any atom is 0.161 e. The fraction of sp³-hybridized carbons (Fsp3) is 0.419. The monoisotopic (exact) mass is 522 g/mol. The van der Waals surface area contributed by atoms with Crippen molar-refractivity contribution in [1.29, 1.82) is 0 Å². The molecule has 1 heterocycles. The normalized spacial score (nSPS) is 16.7. The van der Waals surface area contributed by atoms with Crippen LogP contribution in [0.3, 0.4) is 0 Å². The Labute approximate surface area is 225 Å². The highest BCUT2D eigenvalue weighted by atomic mass is 16.5. The smallest absolute Gasteiger partial charge is 0.161 e. The van der Waals surface area contributed by atoms with Gasteiger partial charge in [0.05, 0.1) is 55.4 Å². The first kappa shape index (κ1) is 27.5. The summed E-state index contributed by atoms with van der Waals surface area (Å²) in [6.45, 7) is 2.03. The van der Waals surface area contributed by atoms with Crippen molar-refractivity contribution in [3.05, 3.63) is 71.3 Å². The molecule has 1 saturated heterocycles. The zero-order chi connectivity index (χ0) is 26.9. The van der Waals surface area contributed by atoms with E-state index in [4.69, 9.17) is 33.2 Å². The van der Waals surface area contributed by atoms with E-state index >= 15 is 0 Å². The van der Waals surface area contributed by atoms with Gasteiger partial charge < -0.3 is 33.2 Å². The van der Waals surface area contributed by atoms with Crippen LogP contribution in [0.5, 0.6) is 34.5 Å². The molecular formula is C31H38O7. The summed E-state index contributed by atoms with van der Waals surface area (Å²) in [7, 11) is 8.27. The van der Waals surface area contributed by atoms with Crippen molar-refractivity contribution in [1.82, 2.24) is 0 Å². The van der Waals surface area contributed by atoms with Gasteiger partial charge in [-0.3, -0.25) is 0 Å². The van der Waals surface area contributed by atoms with Gasteiger partial charge >= 0.3 is 0 Å². The third-order valence-corrected chi connectivity index (χ3v) is 7.10. The second-order valence-electron chi connectivity index (χ2n) is 9.43. The van der Waals surface area contributed by atoms with Gasteiger partial charge in [-0.25, -0.2) is 0 Å². The third kappa shape index (κ3) is 6.64. The van der Waals surface area contributed by atoms with Crippen molar-refractivity contribution in [2.24, 2.45) is 11.8 Å². The summed E-state index contributed by atoms with van der Waals surface area (Å²) in [5.74, 6) is 5.26. The van der Waals surface area contributed by atoms with Crippen LogP contribution in [0.1, 0.15) is 16.7 Å². The molecule has 204 valence electrons. The number of hydrogen-bond acceptors (Lipinski definition) is 7. The highest BCUT2D eigenvalue weighted by Crippen LogP contribution is 2.35. The standard InChI is InChI=1S/C31H38O7/c1-32-26-9-6-21(16-29(26)34-3)12-13-38-28-11-8-23(18-31(28)36-5)15-25-20-37-19-24(25)14-22-7-10-27(33-2)30(17-22)35-4/h6-11,16-18,24-25H,12-15,19-20H2,1-5H3/t24-,25-/m0/s1. The molecule has 0 amide bonds. The van der Waals surface area contributed by atoms with E-state index in [0.717, 1.165) is 61.0 Å². The molecule has 0 radical (unpaired) electrons. The highest BCUT2D eigenvalue weighted by Gasteiger charge is 2.29. The highest BCUT2D eigenvalue weighted by molar-refractivity contribution is 5.45. The Morgan fingerprint density at radius 2 is 0.974 bits per heavy atom. The molecule has 0 aromatic heterocycles. The summed E-state index contributed by atoms with van der Waals surface area (Å²) in [6.07, 6.45) is 2.59. The van der Waals surface area contributed by atoms with E-state index in [1.54, 1.807) is 35.5 Å². The average Bonchev–Trinajstić information content (AvgIpc) is 3.39. The molecule has 4 rings (SSSR count). The molecule has 3 aromatic rings. The van der Waals surface area contributed by atoms with Gasteiger partial charge in [0.15, 0.2) is 34.5 Å². The van der Waals surface area contributed by atoms with E-state index < -0.39 is 0 Å². The van der Waals surface area contributed by atoms with Crippen molar-refractivity contribution in [2.75, 3.05) is 55.4 Å². The Kier molecular flexibility index (Phi) is 9.60. The molecule has 0 saturated carbocycles. The summed E-state index contributed by atoms with van der Waals surface area (Å²) in [4.78, 5) is 0. The molecule has 2 atom stereocenters. The van der Waals surface area contributed by atoms with Crippen LogP contribution in [0.15, 0.2) is 54.6 Å². The molecule has 0 bridgehead atoms. The predicted octanol–water partition coefficient (Wildman–Crippen LogP) is 5.40. The van der Waals surface area contributed by atoms with Gasteiger partial charge in [-0.2, -0.15) is 0 Å². The number of hydrogen-bond donors (Lipinski definition) is 0. The molecule has 3 aromatic carbocycles. The van der Waals surface area contributed by atoms with Crippen molar-refractivity contribution in [2.45, 2.75) is 19.3 Å². The Morgan fingerprint density at radius 1 is 0.553 bits per heavy atom. The first-order valence-electron chi connectivity index (χ1n) is 12.9.